The van der Waals surface area contributed by atoms with Gasteiger partial charge < -0.3 is 25.3 Å². The number of carbonyl (C=O) groups is 1. The highest BCUT2D eigenvalue weighted by atomic mass is 32.2. The fourth-order valence-electron chi connectivity index (χ4n) is 4.28. The van der Waals surface area contributed by atoms with Gasteiger partial charge in [0.05, 0.1) is 6.10 Å². The molecule has 9 heteroatoms. The lowest BCUT2D eigenvalue weighted by atomic mass is 9.70. The summed E-state index contributed by atoms with van der Waals surface area (Å²) in [5, 5.41) is 25.1. The van der Waals surface area contributed by atoms with Gasteiger partial charge in [-0.2, -0.15) is 11.8 Å². The number of hydrogen-bond acceptors (Lipinski definition) is 7. The van der Waals surface area contributed by atoms with E-state index in [0.29, 0.717) is 26.0 Å². The Balaban J connectivity index is 2.12. The van der Waals surface area contributed by atoms with Crippen LogP contribution in [-0.4, -0.2) is 87.8 Å². The van der Waals surface area contributed by atoms with Crippen molar-refractivity contribution < 1.29 is 19.8 Å². The quantitative estimate of drug-likeness (QED) is 0.639. The van der Waals surface area contributed by atoms with Crippen LogP contribution in [-0.2, 0) is 4.74 Å². The van der Waals surface area contributed by atoms with Crippen molar-refractivity contribution in [1.29, 1.82) is 0 Å². The molecule has 0 spiro atoms. The van der Waals surface area contributed by atoms with Gasteiger partial charge in [-0.15, -0.1) is 5.06 Å². The molecule has 2 amide bonds. The van der Waals surface area contributed by atoms with E-state index in [0.717, 1.165) is 17.2 Å². The fraction of sp³-hybridized carbons (Fsp3) is 0.867. The van der Waals surface area contributed by atoms with E-state index in [4.69, 9.17) is 4.74 Å². The number of carbonyl (C=O) groups excluding carboxylic acids is 1. The maximum atomic E-state index is 12.7. The molecule has 3 N–H and O–H groups in total. The molecular weight excluding hydrogens is 332 g/mol. The van der Waals surface area contributed by atoms with Crippen molar-refractivity contribution in [3.05, 3.63) is 0 Å². The van der Waals surface area contributed by atoms with Gasteiger partial charge >= 0.3 is 6.03 Å². The second-order valence-electron chi connectivity index (χ2n) is 6.48. The molecule has 0 aromatic heterocycles. The average Bonchev–Trinajstić information content (AvgIpc) is 3.18. The monoisotopic (exact) mass is 358 g/mol. The Morgan fingerprint density at radius 3 is 3.04 bits per heavy atom. The Hall–Kier alpha value is -0.870. The maximum absolute atomic E-state index is 12.7. The second kappa shape index (κ2) is 6.80. The molecule has 0 aliphatic carbocycles. The van der Waals surface area contributed by atoms with E-state index in [9.17, 15) is 15.1 Å². The lowest BCUT2D eigenvalue weighted by molar-refractivity contribution is -0.208. The molecule has 0 aromatic rings. The van der Waals surface area contributed by atoms with Crippen LogP contribution in [0.2, 0.25) is 0 Å². The molecule has 3 aliphatic rings. The number of fused-ring (bicyclic) bond motifs is 1. The zero-order valence-corrected chi connectivity index (χ0v) is 15.0. The summed E-state index contributed by atoms with van der Waals surface area (Å²) in [6.07, 6.45) is 4.16. The number of aliphatic hydroxyl groups is 1. The van der Waals surface area contributed by atoms with E-state index in [2.05, 4.69) is 10.3 Å². The number of hydrogen-bond donors (Lipinski definition) is 3. The summed E-state index contributed by atoms with van der Waals surface area (Å²) in [7, 11) is 0. The minimum Gasteiger partial charge on any atom is -0.390 e. The fourth-order valence-corrected chi connectivity index (χ4v) is 4.65. The zero-order chi connectivity index (χ0) is 17.4. The van der Waals surface area contributed by atoms with Crippen LogP contribution >= 0.6 is 11.8 Å². The van der Waals surface area contributed by atoms with E-state index in [1.165, 1.54) is 0 Å². The summed E-state index contributed by atoms with van der Waals surface area (Å²) in [5.41, 5.74) is -2.01. The van der Waals surface area contributed by atoms with Crippen molar-refractivity contribution >= 4 is 24.0 Å². The summed E-state index contributed by atoms with van der Waals surface area (Å²) >= 11 is 1.64. The molecule has 2 saturated heterocycles. The number of thioether (sulfide) groups is 1. The average molecular weight is 358 g/mol. The van der Waals surface area contributed by atoms with Gasteiger partial charge in [0.25, 0.3) is 0 Å². The second-order valence-corrected chi connectivity index (χ2v) is 7.47. The number of rotatable bonds is 6. The summed E-state index contributed by atoms with van der Waals surface area (Å²) < 4.78 is 6.12. The Labute approximate surface area is 146 Å². The van der Waals surface area contributed by atoms with Crippen molar-refractivity contribution in [2.24, 2.45) is 4.99 Å². The van der Waals surface area contributed by atoms with Crippen LogP contribution in [0.15, 0.2) is 4.99 Å². The molecule has 24 heavy (non-hydrogen) atoms. The normalized spacial score (nSPS) is 37.6. The van der Waals surface area contributed by atoms with Gasteiger partial charge in [-0.25, -0.2) is 4.79 Å². The molecule has 136 valence electrons. The van der Waals surface area contributed by atoms with Gasteiger partial charge in [0.2, 0.25) is 0 Å². The third kappa shape index (κ3) is 2.37. The van der Waals surface area contributed by atoms with Crippen molar-refractivity contribution in [3.63, 3.8) is 0 Å². The smallest absolute Gasteiger partial charge is 0.319 e. The summed E-state index contributed by atoms with van der Waals surface area (Å²) in [6.45, 7) is 2.99. The standard InChI is InChI=1S/C15H26N4O4S/c1-3-11(20)15(5-4-7-23-15)14-9-16-10-19(22)12(14)17-13(21)18(14)6-8-24-2/h9,11-12,20,22H,3-8,10H2,1-2H3,(H,17,21)/t11-,12?,14?,15?/m0/s1. The van der Waals surface area contributed by atoms with Gasteiger partial charge in [-0.05, 0) is 25.5 Å². The first-order chi connectivity index (χ1) is 11.5. The van der Waals surface area contributed by atoms with Crippen molar-refractivity contribution in [1.82, 2.24) is 15.3 Å². The molecule has 0 bridgehead atoms. The highest BCUT2D eigenvalue weighted by Gasteiger charge is 2.70. The van der Waals surface area contributed by atoms with Crippen LogP contribution in [0, 0.1) is 0 Å². The molecule has 4 atom stereocenters. The zero-order valence-electron chi connectivity index (χ0n) is 14.1. The Kier molecular flexibility index (Phi) is 5.08. The third-order valence-corrected chi connectivity index (χ3v) is 5.95. The maximum Gasteiger partial charge on any atom is 0.319 e. The Bertz CT molecular complexity index is 514. The number of hydroxylamine groups is 2. The first-order valence-corrected chi connectivity index (χ1v) is 9.78. The molecule has 0 saturated carbocycles. The molecule has 0 radical (unpaired) electrons. The van der Waals surface area contributed by atoms with Crippen LogP contribution in [0.25, 0.3) is 0 Å². The number of aliphatic imine (C=N–C) groups is 1. The highest BCUT2D eigenvalue weighted by molar-refractivity contribution is 7.98. The lowest BCUT2D eigenvalue weighted by Crippen LogP contribution is -2.76. The van der Waals surface area contributed by atoms with Crippen molar-refractivity contribution in [2.45, 2.75) is 49.6 Å². The molecule has 3 rings (SSSR count). The molecular formula is C15H26N4O4S. The van der Waals surface area contributed by atoms with Gasteiger partial charge in [-0.3, -0.25) is 4.99 Å². The van der Waals surface area contributed by atoms with E-state index >= 15 is 0 Å². The molecule has 3 aliphatic heterocycles. The van der Waals surface area contributed by atoms with Crippen molar-refractivity contribution in [2.75, 3.05) is 31.8 Å². The molecule has 2 fully saturated rings. The minimum absolute atomic E-state index is 0.0847. The predicted octanol–water partition coefficient (Wildman–Crippen LogP) is 0.493. The van der Waals surface area contributed by atoms with Gasteiger partial charge in [0.15, 0.2) is 0 Å². The third-order valence-electron chi connectivity index (χ3n) is 5.36. The summed E-state index contributed by atoms with van der Waals surface area (Å²) in [6, 6.07) is -0.264. The number of amides is 2. The first-order valence-electron chi connectivity index (χ1n) is 8.39. The van der Waals surface area contributed by atoms with Gasteiger partial charge in [0, 0.05) is 25.1 Å². The first kappa shape index (κ1) is 17.9. The van der Waals surface area contributed by atoms with E-state index in [1.54, 1.807) is 22.9 Å². The van der Waals surface area contributed by atoms with Crippen LogP contribution in [0.5, 0.6) is 0 Å². The molecule has 0 aromatic carbocycles. The lowest BCUT2D eigenvalue weighted by Gasteiger charge is -2.53. The van der Waals surface area contributed by atoms with E-state index < -0.39 is 23.4 Å². The van der Waals surface area contributed by atoms with Gasteiger partial charge in [-0.1, -0.05) is 6.92 Å². The SMILES string of the molecule is CC[C@H](O)C1(C23C=NCN(O)C2NC(=O)N3CCSC)CCCO1. The summed E-state index contributed by atoms with van der Waals surface area (Å²) in [5.74, 6) is 0.749. The predicted molar refractivity (Wildman–Crippen MR) is 91.3 cm³/mol. The molecule has 3 unspecified atom stereocenters. The molecule has 8 nitrogen and oxygen atoms in total. The highest BCUT2D eigenvalue weighted by Crippen LogP contribution is 2.48. The van der Waals surface area contributed by atoms with Crippen molar-refractivity contribution in [3.8, 4) is 0 Å². The largest absolute Gasteiger partial charge is 0.390 e. The Morgan fingerprint density at radius 1 is 1.62 bits per heavy atom. The van der Waals surface area contributed by atoms with E-state index in [1.807, 2.05) is 13.2 Å². The Morgan fingerprint density at radius 2 is 2.42 bits per heavy atom. The molecule has 3 heterocycles. The number of urea groups is 1. The number of nitrogens with one attached hydrogen (secondary N) is 1. The minimum atomic E-state index is -1.03. The number of nitrogens with zero attached hydrogens (tertiary/aromatic N) is 3. The summed E-state index contributed by atoms with van der Waals surface area (Å²) in [4.78, 5) is 18.7. The van der Waals surface area contributed by atoms with E-state index in [-0.39, 0.29) is 12.7 Å². The van der Waals surface area contributed by atoms with Crippen LogP contribution in [0.3, 0.4) is 0 Å². The van der Waals surface area contributed by atoms with Crippen LogP contribution < -0.4 is 5.32 Å². The number of aliphatic hydroxyl groups excluding tert-OH is 1. The number of ether oxygens (including phenoxy) is 1. The van der Waals surface area contributed by atoms with Gasteiger partial charge in [0.1, 0.15) is 24.0 Å². The van der Waals surface area contributed by atoms with Crippen LogP contribution in [0.4, 0.5) is 4.79 Å². The topological polar surface area (TPSA) is 97.6 Å². The van der Waals surface area contributed by atoms with Crippen LogP contribution in [0.1, 0.15) is 26.2 Å².